The normalized spacial score (nSPS) is 10.7. The van der Waals surface area contributed by atoms with Crippen molar-refractivity contribution in [3.05, 3.63) is 54.0 Å². The van der Waals surface area contributed by atoms with Crippen LogP contribution in [0.2, 0.25) is 0 Å². The molecule has 1 aromatic carbocycles. The van der Waals surface area contributed by atoms with Gasteiger partial charge in [0.05, 0.1) is 12.3 Å². The summed E-state index contributed by atoms with van der Waals surface area (Å²) in [4.78, 5) is 1.28. The van der Waals surface area contributed by atoms with Gasteiger partial charge in [0.15, 0.2) is 0 Å². The molecule has 1 heterocycles. The molecule has 2 aromatic rings. The zero-order valence-corrected chi connectivity index (χ0v) is 11.5. The minimum atomic E-state index is 0.823. The SMILES string of the molecule is CCCNCc1ccc(CSc2ccccc2)o1. The van der Waals surface area contributed by atoms with Crippen LogP contribution in [0.5, 0.6) is 0 Å². The monoisotopic (exact) mass is 261 g/mol. The summed E-state index contributed by atoms with van der Waals surface area (Å²) >= 11 is 1.80. The van der Waals surface area contributed by atoms with Crippen molar-refractivity contribution in [3.63, 3.8) is 0 Å². The highest BCUT2D eigenvalue weighted by Gasteiger charge is 2.02. The predicted molar refractivity (Wildman–Crippen MR) is 76.7 cm³/mol. The highest BCUT2D eigenvalue weighted by Crippen LogP contribution is 2.23. The summed E-state index contributed by atoms with van der Waals surface area (Å²) in [5.41, 5.74) is 0. The highest BCUT2D eigenvalue weighted by atomic mass is 32.2. The number of hydrogen-bond acceptors (Lipinski definition) is 3. The molecule has 0 spiro atoms. The first kappa shape index (κ1) is 13.2. The van der Waals surface area contributed by atoms with E-state index in [0.717, 1.165) is 36.8 Å². The standard InChI is InChI=1S/C15H19NOS/c1-2-10-16-11-13-8-9-14(17-13)12-18-15-6-4-3-5-7-15/h3-9,16H,2,10-12H2,1H3. The molecule has 18 heavy (non-hydrogen) atoms. The van der Waals surface area contributed by atoms with Crippen LogP contribution in [0.3, 0.4) is 0 Å². The van der Waals surface area contributed by atoms with Gasteiger partial charge in [-0.2, -0.15) is 0 Å². The van der Waals surface area contributed by atoms with Crippen molar-refractivity contribution in [2.75, 3.05) is 6.54 Å². The quantitative estimate of drug-likeness (QED) is 0.601. The molecule has 0 fully saturated rings. The Hall–Kier alpha value is -1.19. The lowest BCUT2D eigenvalue weighted by molar-refractivity contribution is 0.459. The third-order valence-electron chi connectivity index (χ3n) is 2.57. The Morgan fingerprint density at radius 2 is 1.83 bits per heavy atom. The summed E-state index contributed by atoms with van der Waals surface area (Å²) in [5.74, 6) is 2.95. The number of benzene rings is 1. The summed E-state index contributed by atoms with van der Waals surface area (Å²) in [5, 5.41) is 3.34. The summed E-state index contributed by atoms with van der Waals surface area (Å²) in [7, 11) is 0. The Labute approximate surface area is 113 Å². The van der Waals surface area contributed by atoms with Crippen molar-refractivity contribution in [1.29, 1.82) is 0 Å². The van der Waals surface area contributed by atoms with Crippen molar-refractivity contribution in [2.45, 2.75) is 30.5 Å². The van der Waals surface area contributed by atoms with E-state index in [1.807, 2.05) is 6.07 Å². The van der Waals surface area contributed by atoms with Crippen LogP contribution >= 0.6 is 11.8 Å². The summed E-state index contributed by atoms with van der Waals surface area (Å²) in [6.45, 7) is 4.02. The highest BCUT2D eigenvalue weighted by molar-refractivity contribution is 7.98. The topological polar surface area (TPSA) is 25.2 Å². The number of hydrogen-bond donors (Lipinski definition) is 1. The van der Waals surface area contributed by atoms with E-state index in [1.165, 1.54) is 4.90 Å². The first-order valence-corrected chi connectivity index (χ1v) is 7.33. The Bertz CT molecular complexity index is 453. The minimum absolute atomic E-state index is 0.823. The van der Waals surface area contributed by atoms with Crippen LogP contribution < -0.4 is 5.32 Å². The molecular weight excluding hydrogens is 242 g/mol. The molecule has 0 aliphatic rings. The van der Waals surface area contributed by atoms with E-state index >= 15 is 0 Å². The zero-order valence-electron chi connectivity index (χ0n) is 10.7. The lowest BCUT2D eigenvalue weighted by atomic mass is 10.4. The molecule has 2 rings (SSSR count). The molecule has 2 nitrogen and oxygen atoms in total. The first-order valence-electron chi connectivity index (χ1n) is 6.34. The number of nitrogens with one attached hydrogen (secondary N) is 1. The zero-order chi connectivity index (χ0) is 12.6. The van der Waals surface area contributed by atoms with E-state index in [2.05, 4.69) is 48.6 Å². The molecule has 96 valence electrons. The molecule has 0 aliphatic carbocycles. The molecule has 3 heteroatoms. The number of furan rings is 1. The van der Waals surface area contributed by atoms with E-state index in [-0.39, 0.29) is 0 Å². The van der Waals surface area contributed by atoms with Gasteiger partial charge in [0.1, 0.15) is 11.5 Å². The third kappa shape index (κ3) is 4.24. The fraction of sp³-hybridized carbons (Fsp3) is 0.333. The summed E-state index contributed by atoms with van der Waals surface area (Å²) in [6, 6.07) is 14.5. The number of thioether (sulfide) groups is 1. The maximum Gasteiger partial charge on any atom is 0.118 e. The van der Waals surface area contributed by atoms with Gasteiger partial charge in [-0.25, -0.2) is 0 Å². The molecule has 0 amide bonds. The lowest BCUT2D eigenvalue weighted by Gasteiger charge is -2.00. The van der Waals surface area contributed by atoms with Gasteiger partial charge in [0, 0.05) is 4.90 Å². The molecule has 1 aromatic heterocycles. The van der Waals surface area contributed by atoms with Crippen molar-refractivity contribution in [2.24, 2.45) is 0 Å². The van der Waals surface area contributed by atoms with E-state index in [0.29, 0.717) is 0 Å². The average molecular weight is 261 g/mol. The van der Waals surface area contributed by atoms with Gasteiger partial charge < -0.3 is 9.73 Å². The smallest absolute Gasteiger partial charge is 0.118 e. The van der Waals surface area contributed by atoms with Crippen molar-refractivity contribution >= 4 is 11.8 Å². The Morgan fingerprint density at radius 3 is 2.61 bits per heavy atom. The fourth-order valence-electron chi connectivity index (χ4n) is 1.65. The fourth-order valence-corrected chi connectivity index (χ4v) is 2.47. The van der Waals surface area contributed by atoms with Gasteiger partial charge in [0.2, 0.25) is 0 Å². The second kappa shape index (κ2) is 7.29. The van der Waals surface area contributed by atoms with E-state index in [4.69, 9.17) is 4.42 Å². The Kier molecular flexibility index (Phi) is 5.36. The van der Waals surface area contributed by atoms with Crippen LogP contribution in [0.15, 0.2) is 51.8 Å². The number of rotatable bonds is 7. The van der Waals surface area contributed by atoms with Crippen LogP contribution in [-0.4, -0.2) is 6.54 Å². The molecule has 0 saturated heterocycles. The van der Waals surface area contributed by atoms with Crippen LogP contribution in [0.25, 0.3) is 0 Å². The minimum Gasteiger partial charge on any atom is -0.464 e. The van der Waals surface area contributed by atoms with Crippen LogP contribution in [-0.2, 0) is 12.3 Å². The molecule has 0 radical (unpaired) electrons. The van der Waals surface area contributed by atoms with E-state index in [9.17, 15) is 0 Å². The molecule has 0 saturated carbocycles. The lowest BCUT2D eigenvalue weighted by Crippen LogP contribution is -2.12. The van der Waals surface area contributed by atoms with Gasteiger partial charge in [0.25, 0.3) is 0 Å². The third-order valence-corrected chi connectivity index (χ3v) is 3.60. The molecular formula is C15H19NOS. The average Bonchev–Trinajstić information content (AvgIpc) is 2.86. The Balaban J connectivity index is 1.80. The van der Waals surface area contributed by atoms with Crippen LogP contribution in [0.4, 0.5) is 0 Å². The first-order chi connectivity index (χ1) is 8.88. The van der Waals surface area contributed by atoms with E-state index in [1.54, 1.807) is 11.8 Å². The Morgan fingerprint density at radius 1 is 1.06 bits per heavy atom. The summed E-state index contributed by atoms with van der Waals surface area (Å²) in [6.07, 6.45) is 1.15. The molecule has 0 atom stereocenters. The van der Waals surface area contributed by atoms with Crippen molar-refractivity contribution < 1.29 is 4.42 Å². The predicted octanol–water partition coefficient (Wildman–Crippen LogP) is 4.07. The van der Waals surface area contributed by atoms with Gasteiger partial charge >= 0.3 is 0 Å². The molecule has 1 N–H and O–H groups in total. The molecule has 0 bridgehead atoms. The van der Waals surface area contributed by atoms with Gasteiger partial charge in [-0.05, 0) is 37.2 Å². The maximum atomic E-state index is 5.77. The summed E-state index contributed by atoms with van der Waals surface area (Å²) < 4.78 is 5.77. The van der Waals surface area contributed by atoms with Crippen LogP contribution in [0.1, 0.15) is 24.9 Å². The van der Waals surface area contributed by atoms with Crippen LogP contribution in [0, 0.1) is 0 Å². The van der Waals surface area contributed by atoms with Crippen molar-refractivity contribution in [3.8, 4) is 0 Å². The van der Waals surface area contributed by atoms with Gasteiger partial charge in [-0.15, -0.1) is 11.8 Å². The van der Waals surface area contributed by atoms with E-state index < -0.39 is 0 Å². The molecule has 0 aliphatic heterocycles. The second-order valence-corrected chi connectivity index (χ2v) is 5.20. The van der Waals surface area contributed by atoms with Crippen molar-refractivity contribution in [1.82, 2.24) is 5.32 Å². The van der Waals surface area contributed by atoms with Gasteiger partial charge in [-0.1, -0.05) is 25.1 Å². The second-order valence-electron chi connectivity index (χ2n) is 4.15. The largest absolute Gasteiger partial charge is 0.464 e. The molecule has 0 unspecified atom stereocenters. The van der Waals surface area contributed by atoms with Gasteiger partial charge in [-0.3, -0.25) is 0 Å². The maximum absolute atomic E-state index is 5.77.